The van der Waals surface area contributed by atoms with E-state index in [1.165, 1.54) is 13.2 Å². The highest BCUT2D eigenvalue weighted by atomic mass is 32.2. The Kier molecular flexibility index (Phi) is 10.1. The molecule has 2 aromatic rings. The maximum absolute atomic E-state index is 13.0. The number of halogens is 3. The van der Waals surface area contributed by atoms with Gasteiger partial charge in [0.2, 0.25) is 0 Å². The van der Waals surface area contributed by atoms with Gasteiger partial charge in [-0.1, -0.05) is 0 Å². The summed E-state index contributed by atoms with van der Waals surface area (Å²) in [6, 6.07) is 3.78. The number of ether oxygens (including phenoxy) is 4. The van der Waals surface area contributed by atoms with Crippen molar-refractivity contribution in [2.45, 2.75) is 18.3 Å². The topological polar surface area (TPSA) is 177 Å². The maximum Gasteiger partial charge on any atom is 0.534 e. The molecule has 0 aliphatic heterocycles. The van der Waals surface area contributed by atoms with Crippen molar-refractivity contribution in [1.29, 1.82) is 0 Å². The lowest BCUT2D eigenvalue weighted by Gasteiger charge is -2.17. The van der Waals surface area contributed by atoms with E-state index in [9.17, 15) is 41.1 Å². The van der Waals surface area contributed by atoms with Crippen LogP contribution in [0.4, 0.5) is 13.2 Å². The van der Waals surface area contributed by atoms with Crippen molar-refractivity contribution in [2.24, 2.45) is 5.92 Å². The predicted octanol–water partition coefficient (Wildman–Crippen LogP) is 2.60. The van der Waals surface area contributed by atoms with Crippen LogP contribution in [0.25, 0.3) is 11.1 Å². The van der Waals surface area contributed by atoms with Gasteiger partial charge in [-0.3, -0.25) is 4.79 Å². The minimum atomic E-state index is -6.20. The third-order valence-corrected chi connectivity index (χ3v) is 6.55. The molecule has 41 heavy (non-hydrogen) atoms. The van der Waals surface area contributed by atoms with Crippen LogP contribution in [-0.2, 0) is 24.3 Å². The van der Waals surface area contributed by atoms with Gasteiger partial charge in [-0.25, -0.2) is 14.6 Å². The molecule has 224 valence electrons. The van der Waals surface area contributed by atoms with Crippen LogP contribution in [0.2, 0.25) is 0 Å². The number of rotatable bonds is 14. The third-order valence-electron chi connectivity index (χ3n) is 5.58. The van der Waals surface area contributed by atoms with Gasteiger partial charge in [-0.15, -0.1) is 0 Å². The first-order valence-electron chi connectivity index (χ1n) is 11.8. The third kappa shape index (κ3) is 8.05. The normalized spacial score (nSPS) is 13.4. The van der Waals surface area contributed by atoms with Crippen molar-refractivity contribution < 1.29 is 64.2 Å². The van der Waals surface area contributed by atoms with Gasteiger partial charge in [0.25, 0.3) is 5.91 Å². The zero-order valence-corrected chi connectivity index (χ0v) is 22.5. The van der Waals surface area contributed by atoms with Crippen LogP contribution in [0, 0.1) is 5.92 Å². The number of alkyl halides is 3. The molecule has 1 aromatic carbocycles. The van der Waals surface area contributed by atoms with Gasteiger partial charge in [0.1, 0.15) is 5.69 Å². The number of benzene rings is 1. The molecule has 0 saturated heterocycles. The molecule has 1 saturated carbocycles. The van der Waals surface area contributed by atoms with Crippen molar-refractivity contribution in [2.75, 3.05) is 40.8 Å². The fourth-order valence-corrected chi connectivity index (χ4v) is 3.79. The monoisotopic (exact) mass is 606 g/mol. The number of carbonyl (C=O) groups is 3. The van der Waals surface area contributed by atoms with Gasteiger partial charge >= 0.3 is 27.6 Å². The molecule has 1 heterocycles. The molecule has 0 spiro atoms. The molecule has 3 rings (SSSR count). The number of hydrogen-bond donors (Lipinski definition) is 2. The molecule has 0 radical (unpaired) electrons. The van der Waals surface area contributed by atoms with Crippen LogP contribution in [0.1, 0.15) is 44.2 Å². The predicted molar refractivity (Wildman–Crippen MR) is 132 cm³/mol. The number of pyridine rings is 1. The van der Waals surface area contributed by atoms with Gasteiger partial charge in [0, 0.05) is 30.8 Å². The Labute approximate surface area is 231 Å². The molecule has 0 unspecified atom stereocenters. The number of nitrogens with one attached hydrogen (secondary N) is 1. The molecule has 1 aliphatic carbocycles. The Morgan fingerprint density at radius 3 is 2.37 bits per heavy atom. The van der Waals surface area contributed by atoms with Crippen LogP contribution >= 0.6 is 0 Å². The molecule has 1 amide bonds. The molecule has 13 nitrogen and oxygen atoms in total. The lowest BCUT2D eigenvalue weighted by molar-refractivity contribution is -0.0500. The van der Waals surface area contributed by atoms with Crippen LogP contribution < -0.4 is 14.2 Å². The van der Waals surface area contributed by atoms with E-state index in [2.05, 4.69) is 14.5 Å². The first kappa shape index (κ1) is 31.6. The molecular formula is C24H25F3N2O11S. The average Bonchev–Trinajstić information content (AvgIpc) is 3.74. The summed E-state index contributed by atoms with van der Waals surface area (Å²) in [5.74, 6) is -4.82. The van der Waals surface area contributed by atoms with E-state index in [0.717, 1.165) is 32.1 Å². The quantitative estimate of drug-likeness (QED) is 0.106. The second-order valence-electron chi connectivity index (χ2n) is 8.53. The summed E-state index contributed by atoms with van der Waals surface area (Å²) in [6.07, 6.45) is 1.91. The molecule has 2 N–H and O–H groups in total. The van der Waals surface area contributed by atoms with Crippen molar-refractivity contribution in [1.82, 2.24) is 10.3 Å². The van der Waals surface area contributed by atoms with Crippen LogP contribution in [0.15, 0.2) is 24.3 Å². The van der Waals surface area contributed by atoms with Crippen molar-refractivity contribution in [3.05, 3.63) is 41.2 Å². The Morgan fingerprint density at radius 1 is 1.07 bits per heavy atom. The van der Waals surface area contributed by atoms with Crippen molar-refractivity contribution in [3.8, 4) is 22.6 Å². The summed E-state index contributed by atoms with van der Waals surface area (Å²) in [7, 11) is -3.83. The van der Waals surface area contributed by atoms with Gasteiger partial charge in [0.05, 0.1) is 25.9 Å². The highest BCUT2D eigenvalue weighted by Gasteiger charge is 2.49. The molecule has 1 aromatic heterocycles. The summed E-state index contributed by atoms with van der Waals surface area (Å²) in [6.45, 7) is -0.108. The number of carbonyl (C=O) groups excluding carboxylic acids is 2. The molecule has 1 aliphatic rings. The van der Waals surface area contributed by atoms with Gasteiger partial charge in [-0.2, -0.15) is 21.6 Å². The zero-order chi connectivity index (χ0) is 30.4. The standard InChI is InChI=1S/C24H25F3N2O11S/c1-36-7-8-38-12-39-23(33)16-10-19(40-41(34,35)24(25,26)27)18(37-2)9-15(16)14-5-6-17(29-20(14)22(31)32)21(30)28-11-13-3-4-13/h5-6,9-10,13H,3-4,7-8,11-12H2,1-2H3,(H,28,30)(H,31,32). The molecular weight excluding hydrogens is 581 g/mol. The number of methoxy groups -OCH3 is 2. The summed E-state index contributed by atoms with van der Waals surface area (Å²) in [4.78, 5) is 41.5. The number of amides is 1. The molecule has 0 bridgehead atoms. The first-order chi connectivity index (χ1) is 19.3. The largest absolute Gasteiger partial charge is 0.534 e. The van der Waals surface area contributed by atoms with E-state index < -0.39 is 63.0 Å². The molecule has 0 atom stereocenters. The van der Waals surface area contributed by atoms with E-state index in [-0.39, 0.29) is 30.0 Å². The smallest absolute Gasteiger partial charge is 0.493 e. The fourth-order valence-electron chi connectivity index (χ4n) is 3.33. The SMILES string of the molecule is COCCOCOC(=O)c1cc(OS(=O)(=O)C(F)(F)F)c(OC)cc1-c1ccc(C(=O)NCC2CC2)nc1C(=O)O. The number of hydrogen-bond acceptors (Lipinski definition) is 11. The average molecular weight is 607 g/mol. The summed E-state index contributed by atoms with van der Waals surface area (Å²) in [5.41, 5.74) is -7.95. The van der Waals surface area contributed by atoms with Crippen molar-refractivity contribution >= 4 is 28.0 Å². The number of nitrogens with zero attached hydrogens (tertiary/aromatic N) is 1. The second kappa shape index (κ2) is 13.1. The number of esters is 1. The van der Waals surface area contributed by atoms with Crippen LogP contribution in [0.3, 0.4) is 0 Å². The first-order valence-corrected chi connectivity index (χ1v) is 13.2. The number of aromatic carboxylic acids is 1. The summed E-state index contributed by atoms with van der Waals surface area (Å²) < 4.78 is 86.3. The Bertz CT molecular complexity index is 1410. The van der Waals surface area contributed by atoms with Gasteiger partial charge in [-0.05, 0) is 37.0 Å². The Morgan fingerprint density at radius 2 is 1.78 bits per heavy atom. The van der Waals surface area contributed by atoms with E-state index in [4.69, 9.17) is 18.9 Å². The minimum absolute atomic E-state index is 0.00872. The minimum Gasteiger partial charge on any atom is -0.493 e. The second-order valence-corrected chi connectivity index (χ2v) is 10.1. The lowest BCUT2D eigenvalue weighted by Crippen LogP contribution is -2.28. The van der Waals surface area contributed by atoms with E-state index in [0.29, 0.717) is 18.5 Å². The summed E-state index contributed by atoms with van der Waals surface area (Å²) >= 11 is 0. The maximum atomic E-state index is 13.0. The van der Waals surface area contributed by atoms with E-state index in [1.807, 2.05) is 0 Å². The highest BCUT2D eigenvalue weighted by molar-refractivity contribution is 7.88. The highest BCUT2D eigenvalue weighted by Crippen LogP contribution is 2.40. The van der Waals surface area contributed by atoms with Gasteiger partial charge in [0.15, 0.2) is 24.0 Å². The van der Waals surface area contributed by atoms with Gasteiger partial charge < -0.3 is 33.6 Å². The van der Waals surface area contributed by atoms with Crippen LogP contribution in [-0.4, -0.2) is 82.6 Å². The number of carboxylic acid groups (broad SMARTS) is 1. The fraction of sp³-hybridized carbons (Fsp3) is 0.417. The van der Waals surface area contributed by atoms with Crippen LogP contribution in [0.5, 0.6) is 11.5 Å². The van der Waals surface area contributed by atoms with E-state index >= 15 is 0 Å². The lowest BCUT2D eigenvalue weighted by atomic mass is 9.96. The number of carboxylic acids is 1. The summed E-state index contributed by atoms with van der Waals surface area (Å²) in [5, 5.41) is 12.5. The van der Waals surface area contributed by atoms with Crippen molar-refractivity contribution in [3.63, 3.8) is 0 Å². The Balaban J connectivity index is 2.10. The van der Waals surface area contributed by atoms with E-state index in [1.54, 1.807) is 0 Å². The number of aromatic nitrogens is 1. The molecule has 1 fully saturated rings. The Hall–Kier alpha value is -3.96. The zero-order valence-electron chi connectivity index (χ0n) is 21.6. The molecule has 17 heteroatoms.